The molecule has 2 aromatic rings. The second-order valence-corrected chi connectivity index (χ2v) is 8.04. The van der Waals surface area contributed by atoms with Crippen LogP contribution in [-0.4, -0.2) is 48.3 Å². The predicted octanol–water partition coefficient (Wildman–Crippen LogP) is 1.98. The molecule has 0 unspecified atom stereocenters. The lowest BCUT2D eigenvalue weighted by Crippen LogP contribution is -2.48. The molecule has 9 nitrogen and oxygen atoms in total. The highest BCUT2D eigenvalue weighted by atomic mass is 16.5. The number of carbonyl (C=O) groups is 4. The maximum atomic E-state index is 13.3. The number of rotatable bonds is 4. The Balaban J connectivity index is 1.35. The van der Waals surface area contributed by atoms with Crippen molar-refractivity contribution in [3.05, 3.63) is 54.1 Å². The van der Waals surface area contributed by atoms with Crippen LogP contribution in [0.2, 0.25) is 0 Å². The van der Waals surface area contributed by atoms with Gasteiger partial charge in [-0.15, -0.1) is 0 Å². The molecule has 5 amide bonds. The Morgan fingerprint density at radius 3 is 2.69 bits per heavy atom. The summed E-state index contributed by atoms with van der Waals surface area (Å²) in [4.78, 5) is 53.5. The SMILES string of the molecule is O=C(CN1C(=O)N[C@]2(CCOc3ccccc32)C1=O)Nc1ccccc1N1CCCC1=O. The van der Waals surface area contributed by atoms with Gasteiger partial charge < -0.3 is 20.3 Å². The average molecular weight is 434 g/mol. The Labute approximate surface area is 184 Å². The molecule has 5 rings (SSSR count). The molecule has 2 N–H and O–H groups in total. The monoisotopic (exact) mass is 434 g/mol. The number of imide groups is 1. The Bertz CT molecular complexity index is 1130. The van der Waals surface area contributed by atoms with E-state index in [9.17, 15) is 19.2 Å². The smallest absolute Gasteiger partial charge is 0.325 e. The molecule has 1 atom stereocenters. The van der Waals surface area contributed by atoms with E-state index in [0.717, 1.165) is 11.3 Å². The van der Waals surface area contributed by atoms with Crippen LogP contribution >= 0.6 is 0 Å². The third-order valence-electron chi connectivity index (χ3n) is 6.10. The van der Waals surface area contributed by atoms with Crippen LogP contribution in [-0.2, 0) is 19.9 Å². The van der Waals surface area contributed by atoms with Crippen molar-refractivity contribution in [3.8, 4) is 5.75 Å². The molecule has 3 aliphatic heterocycles. The molecule has 0 aliphatic carbocycles. The van der Waals surface area contributed by atoms with Gasteiger partial charge in [-0.2, -0.15) is 0 Å². The number of hydrogen-bond acceptors (Lipinski definition) is 5. The van der Waals surface area contributed by atoms with E-state index in [1.807, 2.05) is 0 Å². The van der Waals surface area contributed by atoms with Crippen LogP contribution < -0.4 is 20.3 Å². The Hall–Kier alpha value is -3.88. The van der Waals surface area contributed by atoms with Crippen molar-refractivity contribution in [2.75, 3.05) is 29.9 Å². The second-order valence-electron chi connectivity index (χ2n) is 8.04. The van der Waals surface area contributed by atoms with Gasteiger partial charge in [0.05, 0.1) is 18.0 Å². The quantitative estimate of drug-likeness (QED) is 0.716. The standard InChI is InChI=1S/C23H22N4O5/c28-19(24-16-7-2-3-8-17(16)26-12-5-10-20(26)29)14-27-21(30)23(25-22(27)31)11-13-32-18-9-4-1-6-15(18)23/h1-4,6-9H,5,10-14H2,(H,24,28)(H,25,31)/t23-/m0/s1. The topological polar surface area (TPSA) is 108 Å². The summed E-state index contributed by atoms with van der Waals surface area (Å²) in [5, 5.41) is 5.54. The number of carbonyl (C=O) groups excluding carboxylic acids is 4. The number of amides is 5. The van der Waals surface area contributed by atoms with Crippen LogP contribution in [0.25, 0.3) is 0 Å². The first kappa shape index (κ1) is 20.0. The van der Waals surface area contributed by atoms with Crippen LogP contribution in [0.4, 0.5) is 16.2 Å². The van der Waals surface area contributed by atoms with Gasteiger partial charge in [0, 0.05) is 24.9 Å². The highest BCUT2D eigenvalue weighted by Crippen LogP contribution is 2.41. The number of urea groups is 1. The summed E-state index contributed by atoms with van der Waals surface area (Å²) in [6.45, 7) is 0.431. The van der Waals surface area contributed by atoms with E-state index >= 15 is 0 Å². The van der Waals surface area contributed by atoms with Crippen molar-refractivity contribution >= 4 is 35.1 Å². The summed E-state index contributed by atoms with van der Waals surface area (Å²) in [6, 6.07) is 13.5. The summed E-state index contributed by atoms with van der Waals surface area (Å²) < 4.78 is 5.63. The van der Waals surface area contributed by atoms with Crippen molar-refractivity contribution in [2.45, 2.75) is 24.8 Å². The second kappa shape index (κ2) is 7.67. The molecule has 0 aromatic heterocycles. The number of para-hydroxylation sites is 3. The van der Waals surface area contributed by atoms with Gasteiger partial charge in [0.15, 0.2) is 5.54 Å². The van der Waals surface area contributed by atoms with Crippen LogP contribution in [0.15, 0.2) is 48.5 Å². The van der Waals surface area contributed by atoms with Crippen molar-refractivity contribution < 1.29 is 23.9 Å². The lowest BCUT2D eigenvalue weighted by molar-refractivity contribution is -0.135. The number of benzene rings is 2. The van der Waals surface area contributed by atoms with E-state index in [1.54, 1.807) is 53.4 Å². The van der Waals surface area contributed by atoms with Gasteiger partial charge in [0.25, 0.3) is 5.91 Å². The zero-order valence-electron chi connectivity index (χ0n) is 17.3. The Morgan fingerprint density at radius 1 is 1.09 bits per heavy atom. The third kappa shape index (κ3) is 3.17. The van der Waals surface area contributed by atoms with E-state index in [2.05, 4.69) is 10.6 Å². The first-order valence-corrected chi connectivity index (χ1v) is 10.6. The fourth-order valence-corrected chi connectivity index (χ4v) is 4.57. The molecule has 2 fully saturated rings. The van der Waals surface area contributed by atoms with Crippen molar-refractivity contribution in [2.24, 2.45) is 0 Å². The van der Waals surface area contributed by atoms with Gasteiger partial charge in [0.1, 0.15) is 12.3 Å². The number of fused-ring (bicyclic) bond motifs is 2. The lowest BCUT2D eigenvalue weighted by Gasteiger charge is -2.33. The lowest BCUT2D eigenvalue weighted by atomic mass is 9.84. The van der Waals surface area contributed by atoms with E-state index in [-0.39, 0.29) is 18.9 Å². The molecule has 3 aliphatic rings. The van der Waals surface area contributed by atoms with E-state index < -0.39 is 29.9 Å². The van der Waals surface area contributed by atoms with Crippen molar-refractivity contribution in [1.29, 1.82) is 0 Å². The summed E-state index contributed by atoms with van der Waals surface area (Å²) in [7, 11) is 0. The predicted molar refractivity (Wildman–Crippen MR) is 115 cm³/mol. The number of nitrogens with zero attached hydrogens (tertiary/aromatic N) is 2. The van der Waals surface area contributed by atoms with Crippen molar-refractivity contribution in [3.63, 3.8) is 0 Å². The number of ether oxygens (including phenoxy) is 1. The molecule has 2 saturated heterocycles. The largest absolute Gasteiger partial charge is 0.493 e. The Kier molecular flexibility index (Phi) is 4.80. The molecule has 9 heteroatoms. The van der Waals surface area contributed by atoms with Gasteiger partial charge >= 0.3 is 6.03 Å². The fourth-order valence-electron chi connectivity index (χ4n) is 4.57. The number of anilines is 2. The summed E-state index contributed by atoms with van der Waals surface area (Å²) in [6.07, 6.45) is 1.52. The molecule has 0 saturated carbocycles. The molecular formula is C23H22N4O5. The van der Waals surface area contributed by atoms with Crippen molar-refractivity contribution in [1.82, 2.24) is 10.2 Å². The summed E-state index contributed by atoms with van der Waals surface area (Å²) in [5.74, 6) is -0.453. The number of nitrogens with one attached hydrogen (secondary N) is 2. The molecule has 0 bridgehead atoms. The highest BCUT2D eigenvalue weighted by Gasteiger charge is 2.55. The fraction of sp³-hybridized carbons (Fsp3) is 0.304. The van der Waals surface area contributed by atoms with Gasteiger partial charge in [-0.1, -0.05) is 30.3 Å². The van der Waals surface area contributed by atoms with Gasteiger partial charge in [-0.3, -0.25) is 19.3 Å². The highest BCUT2D eigenvalue weighted by molar-refractivity contribution is 6.11. The molecular weight excluding hydrogens is 412 g/mol. The maximum Gasteiger partial charge on any atom is 0.325 e. The molecule has 32 heavy (non-hydrogen) atoms. The molecule has 1 spiro atoms. The molecule has 3 heterocycles. The molecule has 2 aromatic carbocycles. The molecule has 164 valence electrons. The van der Waals surface area contributed by atoms with Crippen LogP contribution in [0.1, 0.15) is 24.8 Å². The van der Waals surface area contributed by atoms with Crippen LogP contribution in [0.3, 0.4) is 0 Å². The van der Waals surface area contributed by atoms with E-state index in [4.69, 9.17) is 4.74 Å². The van der Waals surface area contributed by atoms with Gasteiger partial charge in [0.2, 0.25) is 11.8 Å². The normalized spacial score (nSPS) is 22.1. The zero-order valence-corrected chi connectivity index (χ0v) is 17.3. The van der Waals surface area contributed by atoms with Crippen LogP contribution in [0, 0.1) is 0 Å². The molecule has 0 radical (unpaired) electrons. The van der Waals surface area contributed by atoms with Gasteiger partial charge in [-0.05, 0) is 24.6 Å². The van der Waals surface area contributed by atoms with Gasteiger partial charge in [-0.25, -0.2) is 4.79 Å². The first-order valence-electron chi connectivity index (χ1n) is 10.6. The van der Waals surface area contributed by atoms with Crippen LogP contribution in [0.5, 0.6) is 5.75 Å². The first-order chi connectivity index (χ1) is 15.5. The van der Waals surface area contributed by atoms with E-state index in [0.29, 0.717) is 35.7 Å². The number of hydrogen-bond donors (Lipinski definition) is 2. The minimum atomic E-state index is -1.23. The average Bonchev–Trinajstić information content (AvgIpc) is 3.31. The zero-order chi connectivity index (χ0) is 22.3. The third-order valence-corrected chi connectivity index (χ3v) is 6.10. The Morgan fingerprint density at radius 2 is 1.88 bits per heavy atom. The van der Waals surface area contributed by atoms with E-state index in [1.165, 1.54) is 0 Å². The summed E-state index contributed by atoms with van der Waals surface area (Å²) >= 11 is 0. The minimum absolute atomic E-state index is 0.000854. The minimum Gasteiger partial charge on any atom is -0.493 e. The summed E-state index contributed by atoms with van der Waals surface area (Å²) in [5.41, 5.74) is 0.429. The maximum absolute atomic E-state index is 13.3.